The molecule has 2 heterocycles. The fraction of sp³-hybridized carbons (Fsp3) is 0.389. The molecule has 1 saturated heterocycles. The van der Waals surface area contributed by atoms with Crippen LogP contribution >= 0.6 is 0 Å². The summed E-state index contributed by atoms with van der Waals surface area (Å²) in [6.07, 6.45) is 4.29. The van der Waals surface area contributed by atoms with Gasteiger partial charge in [0.25, 0.3) is 5.56 Å². The summed E-state index contributed by atoms with van der Waals surface area (Å²) < 4.78 is 14.2. The lowest BCUT2D eigenvalue weighted by Crippen LogP contribution is -2.37. The number of nitrogens with zero attached hydrogens (tertiary/aromatic N) is 3. The summed E-state index contributed by atoms with van der Waals surface area (Å²) in [5.41, 5.74) is 0.926. The molecule has 0 spiro atoms. The van der Waals surface area contributed by atoms with E-state index in [0.717, 1.165) is 38.8 Å². The smallest absolute Gasteiger partial charge is 0.267 e. The van der Waals surface area contributed by atoms with Crippen LogP contribution in [-0.4, -0.2) is 33.7 Å². The molecule has 0 radical (unpaired) electrons. The average Bonchev–Trinajstić information content (AvgIpc) is 2.87. The minimum Gasteiger partial charge on any atom is -0.341 e. The number of amides is 1. The van der Waals surface area contributed by atoms with Crippen LogP contribution in [0.1, 0.15) is 25.7 Å². The molecule has 0 unspecified atom stereocenters. The molecule has 126 valence electrons. The Kier molecular flexibility index (Phi) is 5.03. The van der Waals surface area contributed by atoms with E-state index in [4.69, 9.17) is 0 Å². The van der Waals surface area contributed by atoms with Crippen LogP contribution in [0.15, 0.2) is 41.2 Å². The van der Waals surface area contributed by atoms with Crippen LogP contribution in [0.4, 0.5) is 4.39 Å². The molecule has 5 nitrogen and oxygen atoms in total. The maximum Gasteiger partial charge on any atom is 0.267 e. The molecule has 0 bridgehead atoms. The predicted molar refractivity (Wildman–Crippen MR) is 88.9 cm³/mol. The third-order valence-corrected chi connectivity index (χ3v) is 4.25. The van der Waals surface area contributed by atoms with Gasteiger partial charge in [-0.15, -0.1) is 0 Å². The third kappa shape index (κ3) is 3.88. The molecule has 1 aromatic heterocycles. The molecule has 1 aliphatic heterocycles. The van der Waals surface area contributed by atoms with Crippen LogP contribution in [-0.2, 0) is 11.3 Å². The normalized spacial score (nSPS) is 15.1. The van der Waals surface area contributed by atoms with Crippen molar-refractivity contribution in [3.05, 3.63) is 52.6 Å². The number of carbonyl (C=O) groups excluding carboxylic acids is 1. The molecule has 1 aliphatic rings. The second-order valence-corrected chi connectivity index (χ2v) is 6.02. The Morgan fingerprint density at radius 1 is 1.00 bits per heavy atom. The van der Waals surface area contributed by atoms with E-state index in [0.29, 0.717) is 11.3 Å². The number of likely N-dealkylation sites (tertiary alicyclic amines) is 1. The Morgan fingerprint density at radius 3 is 2.33 bits per heavy atom. The second-order valence-electron chi connectivity index (χ2n) is 6.02. The number of carbonyl (C=O) groups is 1. The molecule has 3 rings (SSSR count). The first-order valence-electron chi connectivity index (χ1n) is 8.25. The summed E-state index contributed by atoms with van der Waals surface area (Å²) in [6, 6.07) is 8.86. The van der Waals surface area contributed by atoms with E-state index in [1.54, 1.807) is 18.2 Å². The highest BCUT2D eigenvalue weighted by molar-refractivity contribution is 5.76. The summed E-state index contributed by atoms with van der Waals surface area (Å²) in [6.45, 7) is 1.42. The number of halogens is 1. The highest BCUT2D eigenvalue weighted by Gasteiger charge is 2.17. The van der Waals surface area contributed by atoms with Crippen molar-refractivity contribution in [2.75, 3.05) is 13.1 Å². The number of rotatable bonds is 3. The van der Waals surface area contributed by atoms with E-state index in [1.807, 2.05) is 4.90 Å². The quantitative estimate of drug-likeness (QED) is 0.869. The molecule has 0 atom stereocenters. The van der Waals surface area contributed by atoms with Crippen molar-refractivity contribution < 1.29 is 9.18 Å². The molecular formula is C18H20FN3O2. The maximum absolute atomic E-state index is 13.0. The van der Waals surface area contributed by atoms with Crippen LogP contribution in [0.5, 0.6) is 0 Å². The van der Waals surface area contributed by atoms with Gasteiger partial charge in [-0.2, -0.15) is 5.10 Å². The van der Waals surface area contributed by atoms with Crippen molar-refractivity contribution in [3.63, 3.8) is 0 Å². The monoisotopic (exact) mass is 329 g/mol. The fourth-order valence-electron chi connectivity index (χ4n) is 2.89. The summed E-state index contributed by atoms with van der Waals surface area (Å²) in [4.78, 5) is 26.3. The average molecular weight is 329 g/mol. The summed E-state index contributed by atoms with van der Waals surface area (Å²) >= 11 is 0. The molecule has 0 N–H and O–H groups in total. The Balaban J connectivity index is 1.80. The van der Waals surface area contributed by atoms with Gasteiger partial charge in [-0.1, -0.05) is 12.8 Å². The molecule has 1 aromatic carbocycles. The van der Waals surface area contributed by atoms with Crippen molar-refractivity contribution in [3.8, 4) is 11.3 Å². The minimum atomic E-state index is -0.330. The zero-order valence-electron chi connectivity index (χ0n) is 13.4. The highest BCUT2D eigenvalue weighted by Crippen LogP contribution is 2.16. The molecule has 1 fully saturated rings. The SMILES string of the molecule is O=C(Cn1nc(-c2ccc(F)cc2)ccc1=O)N1CCCCCC1. The van der Waals surface area contributed by atoms with Gasteiger partial charge in [0.2, 0.25) is 5.91 Å². The van der Waals surface area contributed by atoms with E-state index in [2.05, 4.69) is 5.10 Å². The minimum absolute atomic E-state index is 0.0616. The molecule has 1 amide bonds. The predicted octanol–water partition coefficient (Wildman–Crippen LogP) is 2.45. The molecule has 24 heavy (non-hydrogen) atoms. The number of aromatic nitrogens is 2. The standard InChI is InChI=1S/C18H20FN3O2/c19-15-7-5-14(6-8-15)16-9-10-17(23)22(20-16)13-18(24)21-11-3-1-2-4-12-21/h5-10H,1-4,11-13H2. The van der Waals surface area contributed by atoms with E-state index < -0.39 is 0 Å². The molecular weight excluding hydrogens is 309 g/mol. The van der Waals surface area contributed by atoms with Gasteiger partial charge in [0.05, 0.1) is 5.69 Å². The van der Waals surface area contributed by atoms with Crippen LogP contribution in [0.3, 0.4) is 0 Å². The van der Waals surface area contributed by atoms with Gasteiger partial charge < -0.3 is 4.90 Å². The summed E-state index contributed by atoms with van der Waals surface area (Å²) in [5.74, 6) is -0.411. The van der Waals surface area contributed by atoms with Crippen LogP contribution < -0.4 is 5.56 Å². The molecule has 0 saturated carbocycles. The molecule has 2 aromatic rings. The topological polar surface area (TPSA) is 55.2 Å². The largest absolute Gasteiger partial charge is 0.341 e. The Labute approximate surface area is 139 Å². The molecule has 6 heteroatoms. The molecule has 0 aliphatic carbocycles. The van der Waals surface area contributed by atoms with Gasteiger partial charge in [0.15, 0.2) is 0 Å². The highest BCUT2D eigenvalue weighted by atomic mass is 19.1. The van der Waals surface area contributed by atoms with E-state index >= 15 is 0 Å². The Bertz CT molecular complexity index is 763. The van der Waals surface area contributed by atoms with Gasteiger partial charge in [-0.25, -0.2) is 9.07 Å². The van der Waals surface area contributed by atoms with Crippen molar-refractivity contribution in [2.45, 2.75) is 32.2 Å². The summed E-state index contributed by atoms with van der Waals surface area (Å²) in [5, 5.41) is 4.26. The Hall–Kier alpha value is -2.50. The van der Waals surface area contributed by atoms with Crippen molar-refractivity contribution in [2.24, 2.45) is 0 Å². The third-order valence-electron chi connectivity index (χ3n) is 4.25. The van der Waals surface area contributed by atoms with Crippen LogP contribution in [0.25, 0.3) is 11.3 Å². The lowest BCUT2D eigenvalue weighted by molar-refractivity contribution is -0.132. The van der Waals surface area contributed by atoms with Crippen molar-refractivity contribution >= 4 is 5.91 Å². The van der Waals surface area contributed by atoms with E-state index in [-0.39, 0.29) is 23.8 Å². The maximum atomic E-state index is 13.0. The number of benzene rings is 1. The number of hydrogen-bond acceptors (Lipinski definition) is 3. The van der Waals surface area contributed by atoms with Crippen LogP contribution in [0.2, 0.25) is 0 Å². The van der Waals surface area contributed by atoms with Crippen molar-refractivity contribution in [1.82, 2.24) is 14.7 Å². The second kappa shape index (κ2) is 7.38. The first-order chi connectivity index (χ1) is 11.6. The lowest BCUT2D eigenvalue weighted by Gasteiger charge is -2.20. The van der Waals surface area contributed by atoms with Gasteiger partial charge in [-0.3, -0.25) is 9.59 Å². The van der Waals surface area contributed by atoms with Gasteiger partial charge >= 0.3 is 0 Å². The Morgan fingerprint density at radius 2 is 1.67 bits per heavy atom. The zero-order chi connectivity index (χ0) is 16.9. The summed E-state index contributed by atoms with van der Waals surface area (Å²) in [7, 11) is 0. The fourth-order valence-corrected chi connectivity index (χ4v) is 2.89. The lowest BCUT2D eigenvalue weighted by atomic mass is 10.1. The zero-order valence-corrected chi connectivity index (χ0v) is 13.4. The first kappa shape index (κ1) is 16.4. The van der Waals surface area contributed by atoms with Gasteiger partial charge in [-0.05, 0) is 43.2 Å². The first-order valence-corrected chi connectivity index (χ1v) is 8.25. The van der Waals surface area contributed by atoms with E-state index in [9.17, 15) is 14.0 Å². The number of hydrogen-bond donors (Lipinski definition) is 0. The van der Waals surface area contributed by atoms with Gasteiger partial charge in [0, 0.05) is 24.7 Å². The van der Waals surface area contributed by atoms with Crippen molar-refractivity contribution in [1.29, 1.82) is 0 Å². The van der Waals surface area contributed by atoms with E-state index in [1.165, 1.54) is 22.9 Å². The van der Waals surface area contributed by atoms with Gasteiger partial charge in [0.1, 0.15) is 12.4 Å². The van der Waals surface area contributed by atoms with Crippen LogP contribution in [0, 0.1) is 5.82 Å².